The third kappa shape index (κ3) is 1.29. The molecule has 0 spiro atoms. The molecule has 4 nitrogen and oxygen atoms in total. The number of hydrogen-bond acceptors (Lipinski definition) is 4. The van der Waals surface area contributed by atoms with E-state index in [9.17, 15) is 0 Å². The van der Waals surface area contributed by atoms with E-state index >= 15 is 0 Å². The first-order valence-electron chi connectivity index (χ1n) is 3.40. The summed E-state index contributed by atoms with van der Waals surface area (Å²) in [6.07, 6.45) is -2.70. The van der Waals surface area contributed by atoms with Crippen molar-refractivity contribution >= 4 is 0 Å². The summed E-state index contributed by atoms with van der Waals surface area (Å²) >= 11 is 0. The summed E-state index contributed by atoms with van der Waals surface area (Å²) in [7, 11) is 0. The molecule has 1 rings (SSSR count). The van der Waals surface area contributed by atoms with Crippen molar-refractivity contribution in [1.29, 1.82) is 0 Å². The van der Waals surface area contributed by atoms with Crippen LogP contribution in [0.5, 0.6) is 0 Å². The van der Waals surface area contributed by atoms with E-state index in [1.54, 1.807) is 6.92 Å². The van der Waals surface area contributed by atoms with E-state index in [2.05, 4.69) is 5.32 Å². The Balaban J connectivity index is 2.52. The van der Waals surface area contributed by atoms with E-state index in [0.717, 1.165) is 0 Å². The second kappa shape index (κ2) is 2.84. The van der Waals surface area contributed by atoms with E-state index in [1.807, 2.05) is 0 Å². The molecule has 4 atom stereocenters. The molecule has 0 saturated carbocycles. The molecule has 4 N–H and O–H groups in total. The Bertz CT molecular complexity index is 106. The van der Waals surface area contributed by atoms with Gasteiger partial charge >= 0.3 is 0 Å². The maximum atomic E-state index is 9.14. The van der Waals surface area contributed by atoms with Crippen molar-refractivity contribution < 1.29 is 15.3 Å². The van der Waals surface area contributed by atoms with Crippen molar-refractivity contribution in [1.82, 2.24) is 5.32 Å². The largest absolute Gasteiger partial charge is 0.389 e. The smallest absolute Gasteiger partial charge is 0.108 e. The molecule has 0 aliphatic carbocycles. The van der Waals surface area contributed by atoms with Gasteiger partial charge in [-0.15, -0.1) is 0 Å². The van der Waals surface area contributed by atoms with E-state index in [0.29, 0.717) is 6.54 Å². The molecule has 1 aliphatic rings. The minimum absolute atomic E-state index is 0.140. The summed E-state index contributed by atoms with van der Waals surface area (Å²) in [6.45, 7) is 2.11. The third-order valence-electron chi connectivity index (χ3n) is 1.91. The van der Waals surface area contributed by atoms with Crippen LogP contribution >= 0.6 is 0 Å². The summed E-state index contributed by atoms with van der Waals surface area (Å²) in [6, 6.07) is -0.140. The van der Waals surface area contributed by atoms with Crippen LogP contribution in [0.2, 0.25) is 0 Å². The lowest BCUT2D eigenvalue weighted by Gasteiger charge is -2.33. The second-order valence-electron chi connectivity index (χ2n) is 2.75. The maximum Gasteiger partial charge on any atom is 0.108 e. The van der Waals surface area contributed by atoms with E-state index in [-0.39, 0.29) is 6.04 Å². The normalized spacial score (nSPS) is 49.2. The van der Waals surface area contributed by atoms with E-state index < -0.39 is 18.3 Å². The fraction of sp³-hybridized carbons (Fsp3) is 1.00. The highest BCUT2D eigenvalue weighted by molar-refractivity contribution is 4.89. The molecule has 1 saturated heterocycles. The summed E-state index contributed by atoms with van der Waals surface area (Å²) in [4.78, 5) is 0. The topological polar surface area (TPSA) is 72.7 Å². The van der Waals surface area contributed by atoms with Gasteiger partial charge in [0.2, 0.25) is 0 Å². The quantitative estimate of drug-likeness (QED) is 0.322. The van der Waals surface area contributed by atoms with Gasteiger partial charge in [0, 0.05) is 12.6 Å². The van der Waals surface area contributed by atoms with E-state index in [4.69, 9.17) is 15.3 Å². The first-order valence-corrected chi connectivity index (χ1v) is 3.40. The molecule has 60 valence electrons. The third-order valence-corrected chi connectivity index (χ3v) is 1.91. The Hall–Kier alpha value is -0.160. The zero-order valence-corrected chi connectivity index (χ0v) is 5.86. The molecule has 0 aromatic carbocycles. The van der Waals surface area contributed by atoms with Crippen LogP contribution < -0.4 is 5.32 Å². The van der Waals surface area contributed by atoms with Gasteiger partial charge in [-0.3, -0.25) is 0 Å². The van der Waals surface area contributed by atoms with Crippen LogP contribution in [0, 0.1) is 0 Å². The summed E-state index contributed by atoms with van der Waals surface area (Å²) in [5.41, 5.74) is 0. The first kappa shape index (κ1) is 7.94. The highest BCUT2D eigenvalue weighted by Gasteiger charge is 2.33. The monoisotopic (exact) mass is 147 g/mol. The van der Waals surface area contributed by atoms with Crippen LogP contribution in [-0.4, -0.2) is 46.2 Å². The number of aliphatic hydroxyl groups excluding tert-OH is 3. The predicted molar refractivity (Wildman–Crippen MR) is 35.5 cm³/mol. The van der Waals surface area contributed by atoms with Gasteiger partial charge in [-0.05, 0) is 6.92 Å². The Morgan fingerprint density at radius 3 is 2.30 bits per heavy atom. The van der Waals surface area contributed by atoms with Gasteiger partial charge in [-0.2, -0.15) is 0 Å². The summed E-state index contributed by atoms with van der Waals surface area (Å²) in [5.74, 6) is 0. The fourth-order valence-corrected chi connectivity index (χ4v) is 1.07. The summed E-state index contributed by atoms with van der Waals surface area (Å²) in [5, 5.41) is 30.1. The Morgan fingerprint density at radius 1 is 1.20 bits per heavy atom. The fourth-order valence-electron chi connectivity index (χ4n) is 1.07. The van der Waals surface area contributed by atoms with Crippen LogP contribution in [0.25, 0.3) is 0 Å². The van der Waals surface area contributed by atoms with Crippen molar-refractivity contribution in [3.05, 3.63) is 0 Å². The molecule has 1 fully saturated rings. The maximum absolute atomic E-state index is 9.14. The molecule has 10 heavy (non-hydrogen) atoms. The minimum atomic E-state index is -1.00. The molecular weight excluding hydrogens is 134 g/mol. The molecule has 1 aliphatic heterocycles. The van der Waals surface area contributed by atoms with Crippen LogP contribution in [0.4, 0.5) is 0 Å². The van der Waals surface area contributed by atoms with Gasteiger partial charge in [-0.1, -0.05) is 0 Å². The average molecular weight is 147 g/mol. The molecule has 0 radical (unpaired) electrons. The number of nitrogens with one attached hydrogen (secondary N) is 1. The lowest BCUT2D eigenvalue weighted by Crippen LogP contribution is -2.58. The lowest BCUT2D eigenvalue weighted by molar-refractivity contribution is -0.0910. The molecule has 4 heteroatoms. The average Bonchev–Trinajstić information content (AvgIpc) is 1.93. The number of aliphatic hydroxyl groups is 3. The standard InChI is InChI=1S/C6H13NO3/c1-3-5(9)6(10)4(8)2-7-3/h3-10H,2H2,1H3/t3-,4+,5-,6-/m1/s1. The summed E-state index contributed by atoms with van der Waals surface area (Å²) < 4.78 is 0. The van der Waals surface area contributed by atoms with Crippen molar-refractivity contribution in [3.63, 3.8) is 0 Å². The Kier molecular flexibility index (Phi) is 2.25. The Morgan fingerprint density at radius 2 is 1.80 bits per heavy atom. The van der Waals surface area contributed by atoms with Crippen molar-refractivity contribution in [3.8, 4) is 0 Å². The van der Waals surface area contributed by atoms with Crippen molar-refractivity contribution in [2.45, 2.75) is 31.3 Å². The van der Waals surface area contributed by atoms with Crippen LogP contribution in [0.1, 0.15) is 6.92 Å². The predicted octanol–water partition coefficient (Wildman–Crippen LogP) is -1.94. The van der Waals surface area contributed by atoms with Crippen LogP contribution in [0.15, 0.2) is 0 Å². The number of β-amino-alcohol motifs (C(OH)–C–C–N with tert-alkyl or cyclic N) is 1. The second-order valence-corrected chi connectivity index (χ2v) is 2.75. The zero-order chi connectivity index (χ0) is 7.72. The first-order chi connectivity index (χ1) is 4.63. The molecule has 1 heterocycles. The highest BCUT2D eigenvalue weighted by Crippen LogP contribution is 2.09. The highest BCUT2D eigenvalue weighted by atomic mass is 16.4. The molecule has 0 aromatic heterocycles. The van der Waals surface area contributed by atoms with Gasteiger partial charge in [-0.25, -0.2) is 0 Å². The minimum Gasteiger partial charge on any atom is -0.389 e. The molecule has 0 amide bonds. The molecule has 0 unspecified atom stereocenters. The van der Waals surface area contributed by atoms with Crippen LogP contribution in [-0.2, 0) is 0 Å². The van der Waals surface area contributed by atoms with E-state index in [1.165, 1.54) is 0 Å². The SMILES string of the molecule is C[C@H]1NC[C@H](O)[C@@H](O)[C@@H]1O. The molecule has 0 bridgehead atoms. The lowest BCUT2D eigenvalue weighted by atomic mass is 9.98. The van der Waals surface area contributed by atoms with Gasteiger partial charge < -0.3 is 20.6 Å². The number of rotatable bonds is 0. The van der Waals surface area contributed by atoms with Crippen molar-refractivity contribution in [2.75, 3.05) is 6.54 Å². The van der Waals surface area contributed by atoms with Gasteiger partial charge in [0.1, 0.15) is 6.10 Å². The zero-order valence-electron chi connectivity index (χ0n) is 5.86. The Labute approximate surface area is 59.5 Å². The number of piperidine rings is 1. The molecular formula is C6H13NO3. The van der Waals surface area contributed by atoms with Crippen molar-refractivity contribution in [2.24, 2.45) is 0 Å². The van der Waals surface area contributed by atoms with Gasteiger partial charge in [0.25, 0.3) is 0 Å². The van der Waals surface area contributed by atoms with Gasteiger partial charge in [0.15, 0.2) is 0 Å². The van der Waals surface area contributed by atoms with Crippen LogP contribution in [0.3, 0.4) is 0 Å². The number of hydrogen-bond donors (Lipinski definition) is 4. The van der Waals surface area contributed by atoms with Gasteiger partial charge in [0.05, 0.1) is 12.2 Å². The molecule has 0 aromatic rings.